The number of aryl methyl sites for hydroxylation is 1. The van der Waals surface area contributed by atoms with Crippen LogP contribution >= 0.6 is 11.3 Å². The van der Waals surface area contributed by atoms with Gasteiger partial charge < -0.3 is 5.11 Å². The zero-order valence-electron chi connectivity index (χ0n) is 10.6. The highest BCUT2D eigenvalue weighted by Crippen LogP contribution is 2.17. The summed E-state index contributed by atoms with van der Waals surface area (Å²) in [6.45, 7) is 1.39. The van der Waals surface area contributed by atoms with E-state index in [0.29, 0.717) is 4.83 Å². The van der Waals surface area contributed by atoms with E-state index in [-0.39, 0.29) is 22.8 Å². The quantitative estimate of drug-likeness (QED) is 0.639. The minimum Gasteiger partial charge on any atom is -0.477 e. The Hall–Kier alpha value is -2.82. The first kappa shape index (κ1) is 13.2. The first-order valence-corrected chi connectivity index (χ1v) is 6.52. The molecular weight excluding hydrogens is 300 g/mol. The maximum atomic E-state index is 12.3. The van der Waals surface area contributed by atoms with Crippen molar-refractivity contribution < 1.29 is 9.90 Å². The van der Waals surface area contributed by atoms with Gasteiger partial charge in [0.15, 0.2) is 5.82 Å². The van der Waals surface area contributed by atoms with E-state index >= 15 is 0 Å². The average molecular weight is 308 g/mol. The van der Waals surface area contributed by atoms with Gasteiger partial charge in [-0.05, 0) is 6.92 Å². The third-order valence-electron chi connectivity index (χ3n) is 2.90. The van der Waals surface area contributed by atoms with Gasteiger partial charge in [-0.1, -0.05) is 5.21 Å². The molecule has 11 heteroatoms. The Morgan fingerprint density at radius 3 is 2.86 bits per heavy atom. The largest absolute Gasteiger partial charge is 0.477 e. The molecule has 0 fully saturated rings. The molecular formula is C10H8N6O4S. The highest BCUT2D eigenvalue weighted by molar-refractivity contribution is 7.19. The molecule has 108 valence electrons. The van der Waals surface area contributed by atoms with Crippen LogP contribution in [-0.2, 0) is 6.54 Å². The number of aromatic amines is 1. The predicted octanol–water partition coefficient (Wildman–Crippen LogP) is -0.909. The topological polar surface area (TPSA) is 135 Å². The number of H-pyrrole nitrogens is 1. The number of nitrogens with one attached hydrogen (secondary N) is 1. The van der Waals surface area contributed by atoms with E-state index in [1.807, 2.05) is 0 Å². The Labute approximate surface area is 119 Å². The molecule has 0 radical (unpaired) electrons. The molecule has 10 nitrogen and oxygen atoms in total. The zero-order chi connectivity index (χ0) is 15.1. The minimum absolute atomic E-state index is 0.0214. The number of hydrogen-bond acceptors (Lipinski definition) is 7. The van der Waals surface area contributed by atoms with Crippen LogP contribution in [0.25, 0.3) is 4.83 Å². The van der Waals surface area contributed by atoms with Crippen LogP contribution in [0.3, 0.4) is 0 Å². The van der Waals surface area contributed by atoms with Crippen LogP contribution in [0.4, 0.5) is 0 Å². The van der Waals surface area contributed by atoms with E-state index in [4.69, 9.17) is 5.11 Å². The molecule has 21 heavy (non-hydrogen) atoms. The standard InChI is InChI=1S/C10H8N6O4S/c1-4-7(17)15(3-6-11-13-14-12-6)10(20)16-2-5(9(18)19)21-8(4)16/h2H,3H2,1H3,(H,18,19)(H,11,12,13,14). The van der Waals surface area contributed by atoms with E-state index in [2.05, 4.69) is 20.6 Å². The van der Waals surface area contributed by atoms with Crippen LogP contribution in [0.2, 0.25) is 0 Å². The van der Waals surface area contributed by atoms with Crippen molar-refractivity contribution in [2.24, 2.45) is 0 Å². The molecule has 0 atom stereocenters. The van der Waals surface area contributed by atoms with Crippen LogP contribution < -0.4 is 11.2 Å². The molecule has 0 spiro atoms. The van der Waals surface area contributed by atoms with E-state index < -0.39 is 17.2 Å². The maximum Gasteiger partial charge on any atom is 0.347 e. The molecule has 0 aliphatic heterocycles. The van der Waals surface area contributed by atoms with E-state index in [1.165, 1.54) is 13.1 Å². The number of aromatic carboxylic acids is 1. The number of tetrazole rings is 1. The van der Waals surface area contributed by atoms with Crippen molar-refractivity contribution in [3.63, 3.8) is 0 Å². The fourth-order valence-corrected chi connectivity index (χ4v) is 2.82. The monoisotopic (exact) mass is 308 g/mol. The Kier molecular flexibility index (Phi) is 2.90. The molecule has 0 unspecified atom stereocenters. The number of carbonyl (C=O) groups is 1. The minimum atomic E-state index is -1.15. The number of rotatable bonds is 3. The highest BCUT2D eigenvalue weighted by atomic mass is 32.1. The van der Waals surface area contributed by atoms with Gasteiger partial charge in [0, 0.05) is 11.8 Å². The second-order valence-corrected chi connectivity index (χ2v) is 5.23. The van der Waals surface area contributed by atoms with Crippen LogP contribution in [0.5, 0.6) is 0 Å². The second-order valence-electron chi connectivity index (χ2n) is 4.20. The lowest BCUT2D eigenvalue weighted by Crippen LogP contribution is -2.38. The summed E-state index contributed by atoms with van der Waals surface area (Å²) in [5.41, 5.74) is -0.867. The van der Waals surface area contributed by atoms with Gasteiger partial charge in [-0.3, -0.25) is 13.8 Å². The Morgan fingerprint density at radius 2 is 2.24 bits per heavy atom. The van der Waals surface area contributed by atoms with Gasteiger partial charge in [0.2, 0.25) is 0 Å². The van der Waals surface area contributed by atoms with Crippen molar-refractivity contribution in [1.29, 1.82) is 0 Å². The van der Waals surface area contributed by atoms with Crippen molar-refractivity contribution in [1.82, 2.24) is 29.6 Å². The van der Waals surface area contributed by atoms with Crippen molar-refractivity contribution in [3.8, 4) is 0 Å². The lowest BCUT2D eigenvalue weighted by atomic mass is 10.3. The Balaban J connectivity index is 2.29. The van der Waals surface area contributed by atoms with Crippen molar-refractivity contribution in [2.45, 2.75) is 13.5 Å². The summed E-state index contributed by atoms with van der Waals surface area (Å²) in [7, 11) is 0. The molecule has 2 N–H and O–H groups in total. The van der Waals surface area contributed by atoms with Gasteiger partial charge >= 0.3 is 11.7 Å². The fraction of sp³-hybridized carbons (Fsp3) is 0.200. The average Bonchev–Trinajstić information content (AvgIpc) is 3.10. The molecule has 0 amide bonds. The molecule has 3 aromatic rings. The van der Waals surface area contributed by atoms with Gasteiger partial charge in [-0.15, -0.1) is 21.5 Å². The van der Waals surface area contributed by atoms with Crippen LogP contribution in [0.15, 0.2) is 15.8 Å². The van der Waals surface area contributed by atoms with Crippen LogP contribution in [0, 0.1) is 6.92 Å². The normalized spacial score (nSPS) is 11.1. The third-order valence-corrected chi connectivity index (χ3v) is 4.09. The zero-order valence-corrected chi connectivity index (χ0v) is 11.4. The number of aromatic nitrogens is 6. The molecule has 0 saturated carbocycles. The maximum absolute atomic E-state index is 12.3. The van der Waals surface area contributed by atoms with Gasteiger partial charge in [0.1, 0.15) is 9.71 Å². The number of carboxylic acids is 1. The van der Waals surface area contributed by atoms with E-state index in [9.17, 15) is 14.4 Å². The summed E-state index contributed by atoms with van der Waals surface area (Å²) in [5.74, 6) is -0.970. The summed E-state index contributed by atoms with van der Waals surface area (Å²) in [6.07, 6.45) is 1.20. The number of thiazole rings is 1. The second kappa shape index (κ2) is 4.63. The molecule has 3 heterocycles. The predicted molar refractivity (Wildman–Crippen MR) is 70.8 cm³/mol. The Bertz CT molecular complexity index is 950. The SMILES string of the molecule is Cc1c(=O)n(Cc2nn[nH]n2)c(=O)n2cc(C(=O)O)sc12. The lowest BCUT2D eigenvalue weighted by Gasteiger charge is -2.04. The highest BCUT2D eigenvalue weighted by Gasteiger charge is 2.17. The summed E-state index contributed by atoms with van der Waals surface area (Å²) >= 11 is 0.877. The molecule has 3 aromatic heterocycles. The van der Waals surface area contributed by atoms with Crippen molar-refractivity contribution in [3.05, 3.63) is 43.3 Å². The number of hydrogen-bond donors (Lipinski definition) is 2. The lowest BCUT2D eigenvalue weighted by molar-refractivity contribution is 0.0701. The van der Waals surface area contributed by atoms with Gasteiger partial charge in [0.05, 0.1) is 6.54 Å². The van der Waals surface area contributed by atoms with Crippen LogP contribution in [-0.4, -0.2) is 40.7 Å². The molecule has 0 aliphatic rings. The molecule has 0 bridgehead atoms. The summed E-state index contributed by atoms with van der Waals surface area (Å²) in [6, 6.07) is 0. The Morgan fingerprint density at radius 1 is 1.48 bits per heavy atom. The molecule has 3 rings (SSSR count). The van der Waals surface area contributed by atoms with Gasteiger partial charge in [-0.25, -0.2) is 9.59 Å². The van der Waals surface area contributed by atoms with Crippen LogP contribution in [0.1, 0.15) is 21.1 Å². The fourth-order valence-electron chi connectivity index (χ4n) is 1.89. The number of carboxylic acid groups (broad SMARTS) is 1. The molecule has 0 aromatic carbocycles. The smallest absolute Gasteiger partial charge is 0.347 e. The third kappa shape index (κ3) is 2.03. The van der Waals surface area contributed by atoms with Gasteiger partial charge in [0.25, 0.3) is 5.56 Å². The van der Waals surface area contributed by atoms with Gasteiger partial charge in [-0.2, -0.15) is 5.21 Å². The van der Waals surface area contributed by atoms with E-state index in [1.54, 1.807) is 0 Å². The van der Waals surface area contributed by atoms with Crippen molar-refractivity contribution in [2.75, 3.05) is 0 Å². The summed E-state index contributed by atoms with van der Waals surface area (Å²) < 4.78 is 2.08. The van der Waals surface area contributed by atoms with E-state index in [0.717, 1.165) is 20.3 Å². The summed E-state index contributed by atoms with van der Waals surface area (Å²) in [4.78, 5) is 35.8. The summed E-state index contributed by atoms with van der Waals surface area (Å²) in [5, 5.41) is 22.0. The number of fused-ring (bicyclic) bond motifs is 1. The first-order valence-electron chi connectivity index (χ1n) is 5.70. The van der Waals surface area contributed by atoms with Crippen molar-refractivity contribution >= 4 is 22.1 Å². The number of nitrogens with zero attached hydrogens (tertiary/aromatic N) is 5. The first-order chi connectivity index (χ1) is 9.99. The molecule has 0 aliphatic carbocycles. The molecule has 0 saturated heterocycles.